The molecule has 0 saturated carbocycles. The fourth-order valence-corrected chi connectivity index (χ4v) is 1.60. The van der Waals surface area contributed by atoms with Crippen LogP contribution in [-0.2, 0) is 0 Å². The lowest BCUT2D eigenvalue weighted by Crippen LogP contribution is -2.16. The molecule has 1 radical (unpaired) electrons. The van der Waals surface area contributed by atoms with Gasteiger partial charge in [0.05, 0.1) is 0 Å². The van der Waals surface area contributed by atoms with Gasteiger partial charge < -0.3 is 0 Å². The Labute approximate surface area is 70.8 Å². The summed E-state index contributed by atoms with van der Waals surface area (Å²) < 4.78 is 0. The molecule has 1 fully saturated rings. The van der Waals surface area contributed by atoms with Gasteiger partial charge in [0, 0.05) is 6.54 Å². The van der Waals surface area contributed by atoms with Gasteiger partial charge in [-0.2, -0.15) is 0 Å². The fraction of sp³-hybridized carbons (Fsp3) is 0.900. The van der Waals surface area contributed by atoms with Crippen LogP contribution in [0.1, 0.15) is 45.4 Å². The Balaban J connectivity index is 1.86. The Kier molecular flexibility index (Phi) is 4.60. The molecule has 1 aliphatic rings. The van der Waals surface area contributed by atoms with Crippen molar-refractivity contribution < 1.29 is 0 Å². The van der Waals surface area contributed by atoms with E-state index in [1.54, 1.807) is 0 Å². The van der Waals surface area contributed by atoms with Crippen LogP contribution in [0.3, 0.4) is 0 Å². The van der Waals surface area contributed by atoms with E-state index in [1.807, 2.05) is 0 Å². The molecule has 0 aliphatic carbocycles. The first-order valence-electron chi connectivity index (χ1n) is 5.01. The molecule has 0 aromatic rings. The highest BCUT2D eigenvalue weighted by molar-refractivity contribution is 4.76. The summed E-state index contributed by atoms with van der Waals surface area (Å²) in [6.45, 7) is 7.25. The first-order chi connectivity index (χ1) is 5.43. The molecule has 1 rings (SSSR count). The molecule has 0 N–H and O–H groups in total. The van der Waals surface area contributed by atoms with Crippen molar-refractivity contribution in [1.82, 2.24) is 4.90 Å². The first kappa shape index (κ1) is 9.05. The summed E-state index contributed by atoms with van der Waals surface area (Å²) in [4.78, 5) is 2.48. The maximum atomic E-state index is 2.48. The monoisotopic (exact) mass is 154 g/mol. The second-order valence-electron chi connectivity index (χ2n) is 3.42. The van der Waals surface area contributed by atoms with Gasteiger partial charge in [-0.15, -0.1) is 0 Å². The Morgan fingerprint density at radius 3 is 2.82 bits per heavy atom. The second-order valence-corrected chi connectivity index (χ2v) is 3.42. The fourth-order valence-electron chi connectivity index (χ4n) is 1.60. The van der Waals surface area contributed by atoms with Crippen molar-refractivity contribution in [2.45, 2.75) is 45.4 Å². The number of rotatable bonds is 5. The molecule has 0 atom stereocenters. The highest BCUT2D eigenvalue weighted by Crippen LogP contribution is 2.13. The van der Waals surface area contributed by atoms with E-state index in [9.17, 15) is 0 Å². The van der Waals surface area contributed by atoms with Crippen LogP contribution in [0.2, 0.25) is 0 Å². The minimum absolute atomic E-state index is 1.31. The summed E-state index contributed by atoms with van der Waals surface area (Å²) in [5.74, 6) is 0. The van der Waals surface area contributed by atoms with Crippen LogP contribution in [0.5, 0.6) is 0 Å². The highest BCUT2D eigenvalue weighted by Gasteiger charge is 2.10. The van der Waals surface area contributed by atoms with E-state index in [-0.39, 0.29) is 0 Å². The number of hydrogen-bond acceptors (Lipinski definition) is 1. The first-order valence-corrected chi connectivity index (χ1v) is 5.01. The lowest BCUT2D eigenvalue weighted by molar-refractivity contribution is 0.371. The van der Waals surface area contributed by atoms with Gasteiger partial charge in [0.15, 0.2) is 0 Å². The van der Waals surface area contributed by atoms with Gasteiger partial charge in [0.25, 0.3) is 0 Å². The molecular formula is C10H20N. The molecule has 0 amide bonds. The van der Waals surface area contributed by atoms with Crippen molar-refractivity contribution in [1.29, 1.82) is 0 Å². The maximum absolute atomic E-state index is 2.48. The summed E-state index contributed by atoms with van der Waals surface area (Å²) in [6, 6.07) is 0. The Morgan fingerprint density at radius 2 is 2.18 bits per heavy atom. The third-order valence-electron chi connectivity index (χ3n) is 2.34. The zero-order chi connectivity index (χ0) is 7.94. The van der Waals surface area contributed by atoms with Gasteiger partial charge in [0.1, 0.15) is 0 Å². The molecule has 0 aromatic heterocycles. The number of hydrogen-bond donors (Lipinski definition) is 0. The average Bonchev–Trinajstić information content (AvgIpc) is 2.50. The van der Waals surface area contributed by atoms with Crippen LogP contribution in [0.15, 0.2) is 0 Å². The predicted molar refractivity (Wildman–Crippen MR) is 49.2 cm³/mol. The molecule has 11 heavy (non-hydrogen) atoms. The largest absolute Gasteiger partial charge is 0.299 e. The van der Waals surface area contributed by atoms with Gasteiger partial charge in [-0.1, -0.05) is 26.2 Å². The van der Waals surface area contributed by atoms with Crippen LogP contribution < -0.4 is 0 Å². The molecule has 0 bridgehead atoms. The Hall–Kier alpha value is -0.0400. The predicted octanol–water partition coefficient (Wildman–Crippen LogP) is 2.82. The number of unbranched alkanes of at least 4 members (excludes halogenated alkanes) is 3. The minimum atomic E-state index is 1.31. The average molecular weight is 154 g/mol. The van der Waals surface area contributed by atoms with Crippen molar-refractivity contribution in [3.63, 3.8) is 0 Å². The van der Waals surface area contributed by atoms with E-state index in [1.165, 1.54) is 51.6 Å². The van der Waals surface area contributed by atoms with Crippen LogP contribution in [0.4, 0.5) is 0 Å². The van der Waals surface area contributed by atoms with Gasteiger partial charge in [0.2, 0.25) is 0 Å². The van der Waals surface area contributed by atoms with Gasteiger partial charge >= 0.3 is 0 Å². The Bertz CT molecular complexity index is 84.9. The lowest BCUT2D eigenvalue weighted by atomic mass is 10.2. The van der Waals surface area contributed by atoms with Gasteiger partial charge in [-0.05, 0) is 32.4 Å². The van der Waals surface area contributed by atoms with E-state index in [0.29, 0.717) is 0 Å². The minimum Gasteiger partial charge on any atom is -0.299 e. The third kappa shape index (κ3) is 3.76. The topological polar surface area (TPSA) is 3.24 Å². The number of nitrogens with zero attached hydrogens (tertiary/aromatic N) is 1. The summed E-state index contributed by atoms with van der Waals surface area (Å²) in [5.41, 5.74) is 0. The van der Waals surface area contributed by atoms with E-state index < -0.39 is 0 Å². The SMILES string of the molecule is CCCCCCN1[CH]CCC1. The lowest BCUT2D eigenvalue weighted by Gasteiger charge is -2.12. The van der Waals surface area contributed by atoms with Gasteiger partial charge in [-0.25, -0.2) is 0 Å². The standard InChI is InChI=1S/C10H20N/c1-2-3-4-5-8-11-9-6-7-10-11/h9H,2-8,10H2,1H3. The molecule has 0 unspecified atom stereocenters. The smallest absolute Gasteiger partial charge is 0.0252 e. The molecule has 0 aromatic carbocycles. The van der Waals surface area contributed by atoms with Crippen molar-refractivity contribution in [2.75, 3.05) is 13.1 Å². The summed E-state index contributed by atoms with van der Waals surface area (Å²) >= 11 is 0. The van der Waals surface area contributed by atoms with Crippen LogP contribution in [0.25, 0.3) is 0 Å². The molecule has 65 valence electrons. The van der Waals surface area contributed by atoms with Crippen molar-refractivity contribution >= 4 is 0 Å². The Morgan fingerprint density at radius 1 is 1.27 bits per heavy atom. The molecule has 1 heterocycles. The maximum Gasteiger partial charge on any atom is 0.0252 e. The number of likely N-dealkylation sites (tertiary alicyclic amines) is 1. The van der Waals surface area contributed by atoms with Crippen molar-refractivity contribution in [3.8, 4) is 0 Å². The van der Waals surface area contributed by atoms with E-state index >= 15 is 0 Å². The quantitative estimate of drug-likeness (QED) is 0.550. The molecular weight excluding hydrogens is 134 g/mol. The molecule has 1 nitrogen and oxygen atoms in total. The summed E-state index contributed by atoms with van der Waals surface area (Å²) in [5, 5.41) is 0. The third-order valence-corrected chi connectivity index (χ3v) is 2.34. The molecule has 1 heteroatoms. The van der Waals surface area contributed by atoms with Gasteiger partial charge in [-0.3, -0.25) is 4.90 Å². The zero-order valence-corrected chi connectivity index (χ0v) is 7.68. The zero-order valence-electron chi connectivity index (χ0n) is 7.68. The highest BCUT2D eigenvalue weighted by atomic mass is 15.1. The van der Waals surface area contributed by atoms with E-state index in [0.717, 1.165) is 0 Å². The second kappa shape index (κ2) is 5.59. The molecule has 0 spiro atoms. The summed E-state index contributed by atoms with van der Waals surface area (Å²) in [6.07, 6.45) is 8.27. The summed E-state index contributed by atoms with van der Waals surface area (Å²) in [7, 11) is 0. The normalized spacial score (nSPS) is 19.4. The van der Waals surface area contributed by atoms with Crippen molar-refractivity contribution in [3.05, 3.63) is 6.54 Å². The van der Waals surface area contributed by atoms with Crippen LogP contribution >= 0.6 is 0 Å². The van der Waals surface area contributed by atoms with E-state index in [4.69, 9.17) is 0 Å². The molecule has 1 aliphatic heterocycles. The van der Waals surface area contributed by atoms with Crippen molar-refractivity contribution in [2.24, 2.45) is 0 Å². The van der Waals surface area contributed by atoms with Crippen LogP contribution in [0, 0.1) is 6.54 Å². The van der Waals surface area contributed by atoms with E-state index in [2.05, 4.69) is 18.4 Å². The molecule has 1 saturated heterocycles. The van der Waals surface area contributed by atoms with Crippen LogP contribution in [-0.4, -0.2) is 18.0 Å².